The second-order valence-electron chi connectivity index (χ2n) is 4.29. The minimum Gasteiger partial charge on any atom is -0.271 e. The first-order chi connectivity index (χ1) is 9.52. The van der Waals surface area contributed by atoms with Crippen molar-refractivity contribution in [2.75, 3.05) is 0 Å². The molecule has 0 aromatic heterocycles. The molecule has 0 saturated heterocycles. The third-order valence-electron chi connectivity index (χ3n) is 2.98. The molecular formula is C14H12Br2F2N2. The van der Waals surface area contributed by atoms with Gasteiger partial charge in [-0.2, -0.15) is 0 Å². The van der Waals surface area contributed by atoms with E-state index in [-0.39, 0.29) is 11.6 Å². The van der Waals surface area contributed by atoms with Crippen LogP contribution in [0.25, 0.3) is 0 Å². The van der Waals surface area contributed by atoms with Gasteiger partial charge >= 0.3 is 0 Å². The molecule has 0 fully saturated rings. The summed E-state index contributed by atoms with van der Waals surface area (Å²) in [6.45, 7) is 0. The molecule has 3 N–H and O–H groups in total. The summed E-state index contributed by atoms with van der Waals surface area (Å²) in [5.74, 6) is 4.82. The zero-order chi connectivity index (χ0) is 14.7. The maximum atomic E-state index is 14.0. The number of hydrogen-bond donors (Lipinski definition) is 2. The summed E-state index contributed by atoms with van der Waals surface area (Å²) in [5.41, 5.74) is 3.72. The highest BCUT2D eigenvalue weighted by molar-refractivity contribution is 9.10. The van der Waals surface area contributed by atoms with E-state index in [1.807, 2.05) is 0 Å². The van der Waals surface area contributed by atoms with Crippen LogP contribution in [0.3, 0.4) is 0 Å². The molecule has 0 aliphatic rings. The van der Waals surface area contributed by atoms with Crippen molar-refractivity contribution >= 4 is 31.9 Å². The Balaban J connectivity index is 2.36. The first kappa shape index (κ1) is 15.6. The summed E-state index contributed by atoms with van der Waals surface area (Å²) in [4.78, 5) is 0. The van der Waals surface area contributed by atoms with E-state index < -0.39 is 6.04 Å². The van der Waals surface area contributed by atoms with Gasteiger partial charge < -0.3 is 0 Å². The Hall–Kier alpha value is -0.820. The maximum absolute atomic E-state index is 14.0. The lowest BCUT2D eigenvalue weighted by Crippen LogP contribution is -2.30. The van der Waals surface area contributed by atoms with Crippen LogP contribution < -0.4 is 11.3 Å². The summed E-state index contributed by atoms with van der Waals surface area (Å²) in [5, 5.41) is 0. The first-order valence-corrected chi connectivity index (χ1v) is 7.45. The molecule has 0 saturated carbocycles. The number of hydrazine groups is 1. The van der Waals surface area contributed by atoms with Crippen LogP contribution in [0.4, 0.5) is 8.78 Å². The van der Waals surface area contributed by atoms with Crippen LogP contribution in [0.1, 0.15) is 17.2 Å². The Kier molecular flexibility index (Phi) is 5.26. The van der Waals surface area contributed by atoms with E-state index in [1.165, 1.54) is 18.2 Å². The van der Waals surface area contributed by atoms with E-state index in [2.05, 4.69) is 37.3 Å². The van der Waals surface area contributed by atoms with Crippen molar-refractivity contribution in [3.8, 4) is 0 Å². The van der Waals surface area contributed by atoms with Crippen molar-refractivity contribution in [2.24, 2.45) is 5.84 Å². The minimum atomic E-state index is -0.469. The number of rotatable bonds is 4. The van der Waals surface area contributed by atoms with Gasteiger partial charge in [0.15, 0.2) is 0 Å². The smallest absolute Gasteiger partial charge is 0.129 e. The third kappa shape index (κ3) is 3.44. The lowest BCUT2D eigenvalue weighted by atomic mass is 9.99. The van der Waals surface area contributed by atoms with E-state index in [9.17, 15) is 8.78 Å². The van der Waals surface area contributed by atoms with Gasteiger partial charge in [0.2, 0.25) is 0 Å². The quantitative estimate of drug-likeness (QED) is 0.589. The molecule has 0 aliphatic heterocycles. The van der Waals surface area contributed by atoms with Gasteiger partial charge in [0.1, 0.15) is 11.6 Å². The highest BCUT2D eigenvalue weighted by atomic mass is 79.9. The number of hydrogen-bond acceptors (Lipinski definition) is 2. The molecule has 106 valence electrons. The first-order valence-electron chi connectivity index (χ1n) is 5.87. The lowest BCUT2D eigenvalue weighted by Gasteiger charge is -2.19. The van der Waals surface area contributed by atoms with Gasteiger partial charge in [0, 0.05) is 14.5 Å². The molecule has 0 radical (unpaired) electrons. The molecule has 0 heterocycles. The Morgan fingerprint density at radius 2 is 1.85 bits per heavy atom. The van der Waals surface area contributed by atoms with Crippen LogP contribution in [0.15, 0.2) is 45.3 Å². The molecule has 2 aromatic carbocycles. The number of halogens is 4. The molecule has 2 aromatic rings. The van der Waals surface area contributed by atoms with Gasteiger partial charge in [-0.05, 0) is 42.3 Å². The van der Waals surface area contributed by atoms with Crippen molar-refractivity contribution in [2.45, 2.75) is 12.5 Å². The average Bonchev–Trinajstić information content (AvgIpc) is 2.41. The number of nitrogens with two attached hydrogens (primary N) is 1. The third-order valence-corrected chi connectivity index (χ3v) is 4.45. The van der Waals surface area contributed by atoms with E-state index in [1.54, 1.807) is 18.2 Å². The highest BCUT2D eigenvalue weighted by Crippen LogP contribution is 2.30. The molecule has 0 amide bonds. The molecule has 1 unspecified atom stereocenters. The van der Waals surface area contributed by atoms with Gasteiger partial charge in [-0.25, -0.2) is 8.78 Å². The SMILES string of the molecule is NNC(Cc1cc(F)ccc1Br)c1c(F)cccc1Br. The molecule has 0 bridgehead atoms. The average molecular weight is 406 g/mol. The summed E-state index contributed by atoms with van der Waals surface area (Å²) < 4.78 is 28.6. The topological polar surface area (TPSA) is 38.0 Å². The van der Waals surface area contributed by atoms with Crippen molar-refractivity contribution in [3.63, 3.8) is 0 Å². The highest BCUT2D eigenvalue weighted by Gasteiger charge is 2.19. The Morgan fingerprint density at radius 1 is 1.10 bits per heavy atom. The Labute approximate surface area is 132 Å². The number of nitrogens with one attached hydrogen (secondary N) is 1. The summed E-state index contributed by atoms with van der Waals surface area (Å²) >= 11 is 6.67. The van der Waals surface area contributed by atoms with Crippen molar-refractivity contribution in [1.29, 1.82) is 0 Å². The summed E-state index contributed by atoms with van der Waals surface area (Å²) in [6, 6.07) is 8.63. The fourth-order valence-electron chi connectivity index (χ4n) is 2.01. The molecule has 0 aliphatic carbocycles. The normalized spacial score (nSPS) is 12.4. The van der Waals surface area contributed by atoms with Crippen LogP contribution in [0.2, 0.25) is 0 Å². The van der Waals surface area contributed by atoms with Gasteiger partial charge in [0.05, 0.1) is 6.04 Å². The standard InChI is InChI=1S/C14H12Br2F2N2/c15-10-5-4-9(17)6-8(10)7-13(20-19)14-11(16)2-1-3-12(14)18/h1-6,13,20H,7,19H2. The number of benzene rings is 2. The van der Waals surface area contributed by atoms with Crippen LogP contribution in [0, 0.1) is 11.6 Å². The molecular weight excluding hydrogens is 394 g/mol. The van der Waals surface area contributed by atoms with E-state index >= 15 is 0 Å². The zero-order valence-corrected chi connectivity index (χ0v) is 13.5. The maximum Gasteiger partial charge on any atom is 0.129 e. The summed E-state index contributed by atoms with van der Waals surface area (Å²) in [6.07, 6.45) is 0.356. The summed E-state index contributed by atoms with van der Waals surface area (Å²) in [7, 11) is 0. The predicted octanol–water partition coefficient (Wildman–Crippen LogP) is 4.24. The fraction of sp³-hybridized carbons (Fsp3) is 0.143. The van der Waals surface area contributed by atoms with Gasteiger partial charge in [-0.1, -0.05) is 37.9 Å². The van der Waals surface area contributed by atoms with Gasteiger partial charge in [-0.15, -0.1) is 0 Å². The van der Waals surface area contributed by atoms with Crippen LogP contribution in [0.5, 0.6) is 0 Å². The predicted molar refractivity (Wildman–Crippen MR) is 82.0 cm³/mol. The minimum absolute atomic E-state index is 0.341. The zero-order valence-electron chi connectivity index (χ0n) is 10.3. The Morgan fingerprint density at radius 3 is 2.50 bits per heavy atom. The van der Waals surface area contributed by atoms with Crippen LogP contribution in [-0.2, 0) is 6.42 Å². The van der Waals surface area contributed by atoms with E-state index in [0.717, 1.165) is 4.47 Å². The van der Waals surface area contributed by atoms with E-state index in [0.29, 0.717) is 22.0 Å². The lowest BCUT2D eigenvalue weighted by molar-refractivity contribution is 0.506. The molecule has 2 nitrogen and oxygen atoms in total. The van der Waals surface area contributed by atoms with Crippen molar-refractivity contribution in [1.82, 2.24) is 5.43 Å². The van der Waals surface area contributed by atoms with Crippen molar-refractivity contribution < 1.29 is 8.78 Å². The fourth-order valence-corrected chi connectivity index (χ4v) is 3.03. The Bertz CT molecular complexity index is 600. The second-order valence-corrected chi connectivity index (χ2v) is 6.00. The van der Waals surface area contributed by atoms with Gasteiger partial charge in [-0.3, -0.25) is 11.3 Å². The largest absolute Gasteiger partial charge is 0.271 e. The van der Waals surface area contributed by atoms with Gasteiger partial charge in [0.25, 0.3) is 0 Å². The molecule has 0 spiro atoms. The second kappa shape index (κ2) is 6.76. The molecule has 6 heteroatoms. The molecule has 1 atom stereocenters. The molecule has 20 heavy (non-hydrogen) atoms. The van der Waals surface area contributed by atoms with Crippen LogP contribution >= 0.6 is 31.9 Å². The monoisotopic (exact) mass is 404 g/mol. The molecule has 2 rings (SSSR count). The van der Waals surface area contributed by atoms with Crippen LogP contribution in [-0.4, -0.2) is 0 Å². The van der Waals surface area contributed by atoms with E-state index in [4.69, 9.17) is 5.84 Å². The van der Waals surface area contributed by atoms with Crippen molar-refractivity contribution in [3.05, 3.63) is 68.1 Å².